The highest BCUT2D eigenvalue weighted by molar-refractivity contribution is 7.16. The highest BCUT2D eigenvalue weighted by Crippen LogP contribution is 2.31. The van der Waals surface area contributed by atoms with Crippen LogP contribution in [-0.4, -0.2) is 0 Å². The second kappa shape index (κ2) is 5.11. The first-order chi connectivity index (χ1) is 5.74. The van der Waals surface area contributed by atoms with E-state index in [9.17, 15) is 0 Å². The molecule has 0 fully saturated rings. The molecule has 0 bridgehead atoms. The average molecular weight is 223 g/mol. The molecule has 68 valence electrons. The molecule has 12 heavy (non-hydrogen) atoms. The number of halogens is 2. The maximum atomic E-state index is 5.95. The third kappa shape index (κ3) is 2.96. The number of hydrogen-bond acceptors (Lipinski definition) is 1. The van der Waals surface area contributed by atoms with E-state index in [1.165, 1.54) is 24.1 Å². The van der Waals surface area contributed by atoms with Crippen LogP contribution in [0, 0.1) is 0 Å². The number of aryl methyl sites for hydroxylation is 1. The zero-order valence-electron chi connectivity index (χ0n) is 7.07. The molecule has 0 spiro atoms. The highest BCUT2D eigenvalue weighted by Gasteiger charge is 2.04. The lowest BCUT2D eigenvalue weighted by Crippen LogP contribution is -1.80. The summed E-state index contributed by atoms with van der Waals surface area (Å²) >= 11 is 13.4. The van der Waals surface area contributed by atoms with Crippen LogP contribution in [0.4, 0.5) is 0 Å². The van der Waals surface area contributed by atoms with Crippen molar-refractivity contribution in [3.63, 3.8) is 0 Å². The molecule has 1 heterocycles. The summed E-state index contributed by atoms with van der Waals surface area (Å²) in [5, 5.41) is 0.834. The van der Waals surface area contributed by atoms with Gasteiger partial charge >= 0.3 is 0 Å². The van der Waals surface area contributed by atoms with Crippen LogP contribution in [0.15, 0.2) is 6.07 Å². The quantitative estimate of drug-likeness (QED) is 0.644. The molecule has 0 nitrogen and oxygen atoms in total. The number of thiophene rings is 1. The predicted octanol–water partition coefficient (Wildman–Crippen LogP) is 4.79. The fraction of sp³-hybridized carbons (Fsp3) is 0.556. The Balaban J connectivity index is 2.45. The van der Waals surface area contributed by atoms with Crippen LogP contribution in [-0.2, 0) is 6.42 Å². The zero-order valence-corrected chi connectivity index (χ0v) is 9.40. The standard InChI is InChI=1S/C9H12Cl2S/c1-2-3-4-5-8-7(10)6-9(11)12-8/h6H,2-5H2,1H3. The van der Waals surface area contributed by atoms with Crippen molar-refractivity contribution < 1.29 is 0 Å². The van der Waals surface area contributed by atoms with E-state index in [1.54, 1.807) is 11.3 Å². The van der Waals surface area contributed by atoms with Gasteiger partial charge in [-0.1, -0.05) is 43.0 Å². The van der Waals surface area contributed by atoms with Crippen LogP contribution in [0.3, 0.4) is 0 Å². The second-order valence-corrected chi connectivity index (χ2v) is 4.95. The molecule has 0 amide bonds. The van der Waals surface area contributed by atoms with Crippen molar-refractivity contribution in [3.8, 4) is 0 Å². The van der Waals surface area contributed by atoms with Crippen LogP contribution in [0.1, 0.15) is 31.1 Å². The maximum absolute atomic E-state index is 5.95. The largest absolute Gasteiger partial charge is 0.127 e. The fourth-order valence-corrected chi connectivity index (χ4v) is 2.73. The van der Waals surface area contributed by atoms with Crippen LogP contribution in [0.2, 0.25) is 9.36 Å². The molecule has 0 aliphatic heterocycles. The Morgan fingerprint density at radius 3 is 2.58 bits per heavy atom. The van der Waals surface area contributed by atoms with Crippen LogP contribution < -0.4 is 0 Å². The summed E-state index contributed by atoms with van der Waals surface area (Å²) in [4.78, 5) is 1.23. The van der Waals surface area contributed by atoms with Gasteiger partial charge in [0.25, 0.3) is 0 Å². The second-order valence-electron chi connectivity index (χ2n) is 2.78. The first-order valence-corrected chi connectivity index (χ1v) is 5.75. The van der Waals surface area contributed by atoms with Crippen molar-refractivity contribution in [2.45, 2.75) is 32.6 Å². The van der Waals surface area contributed by atoms with E-state index < -0.39 is 0 Å². The van der Waals surface area contributed by atoms with Gasteiger partial charge in [0.05, 0.1) is 9.36 Å². The minimum Gasteiger partial charge on any atom is -0.127 e. The molecule has 0 aromatic carbocycles. The molecule has 0 saturated heterocycles. The van der Waals surface area contributed by atoms with E-state index in [1.807, 2.05) is 6.07 Å². The number of rotatable bonds is 4. The summed E-state index contributed by atoms with van der Waals surface area (Å²) in [7, 11) is 0. The lowest BCUT2D eigenvalue weighted by atomic mass is 10.2. The van der Waals surface area contributed by atoms with Crippen molar-refractivity contribution >= 4 is 34.5 Å². The van der Waals surface area contributed by atoms with Gasteiger partial charge < -0.3 is 0 Å². The van der Waals surface area contributed by atoms with E-state index in [0.29, 0.717) is 0 Å². The molecule has 0 radical (unpaired) electrons. The van der Waals surface area contributed by atoms with E-state index >= 15 is 0 Å². The lowest BCUT2D eigenvalue weighted by Gasteiger charge is -1.95. The van der Waals surface area contributed by atoms with Gasteiger partial charge in [0.1, 0.15) is 0 Å². The van der Waals surface area contributed by atoms with E-state index in [2.05, 4.69) is 6.92 Å². The number of unbranched alkanes of at least 4 members (excludes halogenated alkanes) is 2. The molecule has 0 aliphatic rings. The van der Waals surface area contributed by atoms with Gasteiger partial charge in [-0.15, -0.1) is 11.3 Å². The summed E-state index contributed by atoms with van der Waals surface area (Å²) in [6, 6.07) is 1.83. The molecule has 0 aliphatic carbocycles. The maximum Gasteiger partial charge on any atom is 0.0946 e. The molecular formula is C9H12Cl2S. The van der Waals surface area contributed by atoms with Crippen LogP contribution in [0.5, 0.6) is 0 Å². The molecule has 0 saturated carbocycles. The lowest BCUT2D eigenvalue weighted by molar-refractivity contribution is 0.723. The third-order valence-electron chi connectivity index (χ3n) is 1.73. The zero-order chi connectivity index (χ0) is 8.97. The van der Waals surface area contributed by atoms with Crippen molar-refractivity contribution in [3.05, 3.63) is 20.3 Å². The van der Waals surface area contributed by atoms with E-state index in [0.717, 1.165) is 15.8 Å². The summed E-state index contributed by atoms with van der Waals surface area (Å²) in [6.45, 7) is 2.20. The first kappa shape index (κ1) is 10.4. The molecule has 1 aromatic rings. The fourth-order valence-electron chi connectivity index (χ4n) is 1.08. The molecule has 0 unspecified atom stereocenters. The SMILES string of the molecule is CCCCCc1sc(Cl)cc1Cl. The Hall–Kier alpha value is 0.280. The molecule has 1 aromatic heterocycles. The minimum atomic E-state index is 0.798. The molecular weight excluding hydrogens is 211 g/mol. The van der Waals surface area contributed by atoms with E-state index in [4.69, 9.17) is 23.2 Å². The topological polar surface area (TPSA) is 0 Å². The van der Waals surface area contributed by atoms with Gasteiger partial charge in [0.2, 0.25) is 0 Å². The smallest absolute Gasteiger partial charge is 0.0946 e. The summed E-state index contributed by atoms with van der Waals surface area (Å²) in [5.41, 5.74) is 0. The Kier molecular flexibility index (Phi) is 4.41. The van der Waals surface area contributed by atoms with Gasteiger partial charge in [0, 0.05) is 4.88 Å². The van der Waals surface area contributed by atoms with Crippen LogP contribution >= 0.6 is 34.5 Å². The van der Waals surface area contributed by atoms with Gasteiger partial charge in [0.15, 0.2) is 0 Å². The van der Waals surface area contributed by atoms with Gasteiger partial charge in [-0.05, 0) is 18.9 Å². The van der Waals surface area contributed by atoms with Crippen molar-refractivity contribution in [1.82, 2.24) is 0 Å². The third-order valence-corrected chi connectivity index (χ3v) is 3.51. The molecule has 3 heteroatoms. The predicted molar refractivity (Wildman–Crippen MR) is 57.6 cm³/mol. The van der Waals surface area contributed by atoms with Gasteiger partial charge in [-0.2, -0.15) is 0 Å². The monoisotopic (exact) mass is 222 g/mol. The Bertz CT molecular complexity index is 243. The normalized spacial score (nSPS) is 10.6. The van der Waals surface area contributed by atoms with E-state index in [-0.39, 0.29) is 0 Å². The van der Waals surface area contributed by atoms with Gasteiger partial charge in [-0.3, -0.25) is 0 Å². The van der Waals surface area contributed by atoms with Crippen LogP contribution in [0.25, 0.3) is 0 Å². The Morgan fingerprint density at radius 2 is 2.08 bits per heavy atom. The molecule has 0 N–H and O–H groups in total. The van der Waals surface area contributed by atoms with Crippen molar-refractivity contribution in [1.29, 1.82) is 0 Å². The summed E-state index contributed by atoms with van der Waals surface area (Å²) < 4.78 is 0.798. The van der Waals surface area contributed by atoms with Crippen molar-refractivity contribution in [2.75, 3.05) is 0 Å². The molecule has 0 atom stereocenters. The highest BCUT2D eigenvalue weighted by atomic mass is 35.5. The summed E-state index contributed by atoms with van der Waals surface area (Å²) in [5.74, 6) is 0. The summed E-state index contributed by atoms with van der Waals surface area (Å²) in [6.07, 6.45) is 4.81. The van der Waals surface area contributed by atoms with Gasteiger partial charge in [-0.25, -0.2) is 0 Å². The number of hydrogen-bond donors (Lipinski definition) is 0. The minimum absolute atomic E-state index is 0.798. The Morgan fingerprint density at radius 1 is 1.33 bits per heavy atom. The molecule has 1 rings (SSSR count). The Labute approximate surface area is 87.5 Å². The average Bonchev–Trinajstić information content (AvgIpc) is 2.31. The first-order valence-electron chi connectivity index (χ1n) is 4.17. The van der Waals surface area contributed by atoms with Crippen molar-refractivity contribution in [2.24, 2.45) is 0 Å².